The van der Waals surface area contributed by atoms with E-state index in [9.17, 15) is 14.4 Å². The smallest absolute Gasteiger partial charge is 0.306 e. The van der Waals surface area contributed by atoms with E-state index in [4.69, 9.17) is 14.2 Å². The molecule has 0 saturated heterocycles. The quantitative estimate of drug-likeness (QED) is 0.0261. The summed E-state index contributed by atoms with van der Waals surface area (Å²) in [4.78, 5) is 38.3. The summed E-state index contributed by atoms with van der Waals surface area (Å²) in [6, 6.07) is 0. The van der Waals surface area contributed by atoms with Gasteiger partial charge in [0.2, 0.25) is 0 Å². The van der Waals surface area contributed by atoms with Crippen LogP contribution in [0.5, 0.6) is 0 Å². The van der Waals surface area contributed by atoms with Crippen LogP contribution in [0, 0.1) is 0 Å². The number of hydrogen-bond donors (Lipinski definition) is 0. The van der Waals surface area contributed by atoms with Crippen LogP contribution in [-0.4, -0.2) is 37.2 Å². The van der Waals surface area contributed by atoms with Crippen molar-refractivity contribution in [1.82, 2.24) is 0 Å². The molecule has 0 N–H and O–H groups in total. The van der Waals surface area contributed by atoms with Crippen molar-refractivity contribution in [2.24, 2.45) is 0 Å². The summed E-state index contributed by atoms with van der Waals surface area (Å²) in [6.07, 6.45) is 75.9. The first kappa shape index (κ1) is 70.6. The minimum absolute atomic E-state index is 0.0739. The Balaban J connectivity index is 4.23. The first-order valence-electron chi connectivity index (χ1n) is 32.5. The van der Waals surface area contributed by atoms with Crippen LogP contribution in [0.1, 0.15) is 355 Å². The van der Waals surface area contributed by atoms with Gasteiger partial charge in [0.1, 0.15) is 13.2 Å². The second-order valence-corrected chi connectivity index (χ2v) is 22.0. The summed E-state index contributed by atoms with van der Waals surface area (Å²) >= 11 is 0. The molecule has 6 nitrogen and oxygen atoms in total. The van der Waals surface area contributed by atoms with Gasteiger partial charge in [-0.1, -0.05) is 320 Å². The van der Waals surface area contributed by atoms with Crippen LogP contribution in [0.25, 0.3) is 0 Å². The highest BCUT2D eigenvalue weighted by atomic mass is 16.6. The molecule has 0 aliphatic rings. The zero-order valence-electron chi connectivity index (χ0n) is 49.2. The summed E-state index contributed by atoms with van der Waals surface area (Å²) in [7, 11) is 0. The van der Waals surface area contributed by atoms with Crippen LogP contribution in [0.2, 0.25) is 0 Å². The van der Waals surface area contributed by atoms with Crippen molar-refractivity contribution in [3.05, 3.63) is 36.5 Å². The number of unbranched alkanes of at least 4 members (excludes halogenated alkanes) is 43. The predicted molar refractivity (Wildman–Crippen MR) is 316 cm³/mol. The van der Waals surface area contributed by atoms with E-state index in [1.165, 1.54) is 218 Å². The zero-order chi connectivity index (χ0) is 52.9. The molecule has 0 aliphatic carbocycles. The van der Waals surface area contributed by atoms with Gasteiger partial charge in [0.05, 0.1) is 0 Å². The number of hydrogen-bond acceptors (Lipinski definition) is 6. The van der Waals surface area contributed by atoms with Crippen molar-refractivity contribution < 1.29 is 28.6 Å². The largest absolute Gasteiger partial charge is 0.462 e. The Hall–Kier alpha value is -2.37. The Labute approximate surface area is 455 Å². The van der Waals surface area contributed by atoms with Crippen LogP contribution in [0.3, 0.4) is 0 Å². The molecular weight excluding hydrogens is 901 g/mol. The maximum Gasteiger partial charge on any atom is 0.306 e. The lowest BCUT2D eigenvalue weighted by molar-refractivity contribution is -0.167. The molecule has 0 heterocycles. The van der Waals surface area contributed by atoms with Crippen molar-refractivity contribution in [3.63, 3.8) is 0 Å². The molecule has 0 aromatic heterocycles. The van der Waals surface area contributed by atoms with E-state index in [1.54, 1.807) is 0 Å². The Bertz CT molecular complexity index is 1220. The van der Waals surface area contributed by atoms with E-state index < -0.39 is 6.10 Å². The van der Waals surface area contributed by atoms with Crippen LogP contribution < -0.4 is 0 Å². The van der Waals surface area contributed by atoms with Crippen LogP contribution in [-0.2, 0) is 28.6 Å². The molecule has 0 aliphatic heterocycles. The van der Waals surface area contributed by atoms with Crippen LogP contribution in [0.4, 0.5) is 0 Å². The molecule has 0 fully saturated rings. The van der Waals surface area contributed by atoms with Crippen molar-refractivity contribution >= 4 is 17.9 Å². The molecular formula is C67H124O6. The summed E-state index contributed by atoms with van der Waals surface area (Å²) < 4.78 is 16.9. The molecule has 0 amide bonds. The SMILES string of the molecule is CC/C=C\C/C=C\C/C=C\CCCCCCCC(=O)OC(COC(=O)CCCCCCCCCCCCCCCCC)COC(=O)CCCCCCCCCCCCCCCCCCCCCCCCCCC. The fraction of sp³-hybridized carbons (Fsp3) is 0.866. The second kappa shape index (κ2) is 62.2. The number of rotatable bonds is 60. The Morgan fingerprint density at radius 1 is 0.288 bits per heavy atom. The molecule has 0 aromatic rings. The van der Waals surface area contributed by atoms with E-state index in [0.717, 1.165) is 96.3 Å². The fourth-order valence-corrected chi connectivity index (χ4v) is 9.81. The first-order chi connectivity index (χ1) is 36.0. The van der Waals surface area contributed by atoms with Crippen LogP contribution in [0.15, 0.2) is 36.5 Å². The van der Waals surface area contributed by atoms with E-state index in [1.807, 2.05) is 0 Å². The van der Waals surface area contributed by atoms with Gasteiger partial charge in [-0.2, -0.15) is 0 Å². The van der Waals surface area contributed by atoms with Crippen molar-refractivity contribution in [1.29, 1.82) is 0 Å². The van der Waals surface area contributed by atoms with E-state index in [0.29, 0.717) is 19.3 Å². The average molecular weight is 1030 g/mol. The molecule has 1 atom stereocenters. The molecule has 0 rings (SSSR count). The third kappa shape index (κ3) is 60.4. The normalized spacial score (nSPS) is 12.2. The number of carbonyl (C=O) groups is 3. The van der Waals surface area contributed by atoms with E-state index >= 15 is 0 Å². The summed E-state index contributed by atoms with van der Waals surface area (Å²) in [6.45, 7) is 6.58. The minimum Gasteiger partial charge on any atom is -0.462 e. The van der Waals surface area contributed by atoms with Gasteiger partial charge in [-0.05, 0) is 51.4 Å². The highest BCUT2D eigenvalue weighted by Gasteiger charge is 2.19. The van der Waals surface area contributed by atoms with Gasteiger partial charge in [0, 0.05) is 19.3 Å². The van der Waals surface area contributed by atoms with Crippen molar-refractivity contribution in [3.8, 4) is 0 Å². The highest BCUT2D eigenvalue weighted by molar-refractivity contribution is 5.71. The third-order valence-electron chi connectivity index (χ3n) is 14.7. The fourth-order valence-electron chi connectivity index (χ4n) is 9.81. The molecule has 0 spiro atoms. The Morgan fingerprint density at radius 2 is 0.534 bits per heavy atom. The van der Waals surface area contributed by atoms with Gasteiger partial charge in [-0.3, -0.25) is 14.4 Å². The predicted octanol–water partition coefficient (Wildman–Crippen LogP) is 22.0. The zero-order valence-corrected chi connectivity index (χ0v) is 49.2. The number of ether oxygens (including phenoxy) is 3. The topological polar surface area (TPSA) is 78.9 Å². The van der Waals surface area contributed by atoms with Gasteiger partial charge in [0.15, 0.2) is 6.10 Å². The summed E-state index contributed by atoms with van der Waals surface area (Å²) in [5.41, 5.74) is 0. The molecule has 0 aromatic carbocycles. The molecule has 1 unspecified atom stereocenters. The van der Waals surface area contributed by atoms with Crippen LogP contribution >= 0.6 is 0 Å². The van der Waals surface area contributed by atoms with Crippen molar-refractivity contribution in [2.75, 3.05) is 13.2 Å². The maximum atomic E-state index is 12.9. The number of carbonyl (C=O) groups excluding carboxylic acids is 3. The second-order valence-electron chi connectivity index (χ2n) is 22.0. The third-order valence-corrected chi connectivity index (χ3v) is 14.7. The lowest BCUT2D eigenvalue weighted by Crippen LogP contribution is -2.30. The standard InChI is InChI=1S/C67H124O6/c1-4-7-10-13-16-19-22-25-28-29-30-31-32-33-34-35-36-37-40-42-45-48-51-54-57-60-66(69)72-63-64(73-67(70)61-58-55-52-49-46-43-39-27-24-21-18-15-12-9-6-3)62-71-65(68)59-56-53-50-47-44-41-38-26-23-20-17-14-11-8-5-2/h9,12,18,21,27,39,64H,4-8,10-11,13-17,19-20,22-26,28-38,40-63H2,1-3H3/b12-9-,21-18-,39-27-. The maximum absolute atomic E-state index is 12.9. The van der Waals surface area contributed by atoms with Gasteiger partial charge in [-0.25, -0.2) is 0 Å². The monoisotopic (exact) mass is 1020 g/mol. The Morgan fingerprint density at radius 3 is 0.836 bits per heavy atom. The summed E-state index contributed by atoms with van der Waals surface area (Å²) in [5, 5.41) is 0. The molecule has 0 radical (unpaired) electrons. The van der Waals surface area contributed by atoms with E-state index in [-0.39, 0.29) is 31.1 Å². The number of esters is 3. The molecule has 0 saturated carbocycles. The highest BCUT2D eigenvalue weighted by Crippen LogP contribution is 2.18. The lowest BCUT2D eigenvalue weighted by atomic mass is 10.0. The molecule has 428 valence electrons. The van der Waals surface area contributed by atoms with Crippen molar-refractivity contribution in [2.45, 2.75) is 361 Å². The average Bonchev–Trinajstić information content (AvgIpc) is 3.39. The van der Waals surface area contributed by atoms with Gasteiger partial charge in [-0.15, -0.1) is 0 Å². The van der Waals surface area contributed by atoms with Gasteiger partial charge >= 0.3 is 17.9 Å². The molecule has 6 heteroatoms. The Kier molecular flexibility index (Phi) is 60.2. The molecule has 0 bridgehead atoms. The first-order valence-corrected chi connectivity index (χ1v) is 32.5. The van der Waals surface area contributed by atoms with E-state index in [2.05, 4.69) is 57.2 Å². The molecule has 73 heavy (non-hydrogen) atoms. The lowest BCUT2D eigenvalue weighted by Gasteiger charge is -2.18. The van der Waals surface area contributed by atoms with Gasteiger partial charge < -0.3 is 14.2 Å². The number of allylic oxidation sites excluding steroid dienone is 6. The van der Waals surface area contributed by atoms with Gasteiger partial charge in [0.25, 0.3) is 0 Å². The summed E-state index contributed by atoms with van der Waals surface area (Å²) in [5.74, 6) is -0.866. The minimum atomic E-state index is -0.778.